The standard InChI is InChI=1S/C18H17N3O3/c1-18(2)14-9-8-12(10-13(14)15(22)21-16(18)23)20-17(24)19-11-6-4-3-5-7-11/h3-10H,1-2H3,(H2,19,20,24)(H,21,22,23). The van der Waals surface area contributed by atoms with Gasteiger partial charge in [0.25, 0.3) is 5.91 Å². The van der Waals surface area contributed by atoms with Crippen LogP contribution in [0.25, 0.3) is 0 Å². The first kappa shape index (κ1) is 15.7. The van der Waals surface area contributed by atoms with Crippen LogP contribution in [0.15, 0.2) is 48.5 Å². The van der Waals surface area contributed by atoms with E-state index in [9.17, 15) is 14.4 Å². The van der Waals surface area contributed by atoms with Crippen molar-refractivity contribution in [3.8, 4) is 0 Å². The topological polar surface area (TPSA) is 87.3 Å². The molecule has 0 saturated heterocycles. The van der Waals surface area contributed by atoms with Gasteiger partial charge in [-0.2, -0.15) is 0 Å². The maximum absolute atomic E-state index is 12.1. The average molecular weight is 323 g/mol. The van der Waals surface area contributed by atoms with Crippen LogP contribution in [0.1, 0.15) is 29.8 Å². The second-order valence-electron chi connectivity index (χ2n) is 6.11. The number of nitrogens with one attached hydrogen (secondary N) is 3. The van der Waals surface area contributed by atoms with Gasteiger partial charge in [0.2, 0.25) is 5.91 Å². The summed E-state index contributed by atoms with van der Waals surface area (Å²) in [5, 5.41) is 7.72. The van der Waals surface area contributed by atoms with Gasteiger partial charge in [-0.1, -0.05) is 24.3 Å². The van der Waals surface area contributed by atoms with E-state index in [1.807, 2.05) is 18.2 Å². The van der Waals surface area contributed by atoms with Gasteiger partial charge in [-0.15, -0.1) is 0 Å². The van der Waals surface area contributed by atoms with Crippen LogP contribution in [0.2, 0.25) is 0 Å². The molecule has 0 aliphatic carbocycles. The molecule has 6 nitrogen and oxygen atoms in total. The molecule has 0 spiro atoms. The molecule has 0 bridgehead atoms. The lowest BCUT2D eigenvalue weighted by atomic mass is 9.78. The van der Waals surface area contributed by atoms with Crippen LogP contribution in [0.3, 0.4) is 0 Å². The van der Waals surface area contributed by atoms with Crippen LogP contribution in [0.4, 0.5) is 16.2 Å². The molecule has 122 valence electrons. The summed E-state index contributed by atoms with van der Waals surface area (Å²) in [6.07, 6.45) is 0. The normalized spacial score (nSPS) is 15.2. The zero-order valence-electron chi connectivity index (χ0n) is 13.3. The average Bonchev–Trinajstić information content (AvgIpc) is 2.54. The van der Waals surface area contributed by atoms with Crippen LogP contribution in [0.5, 0.6) is 0 Å². The van der Waals surface area contributed by atoms with Gasteiger partial charge in [-0.3, -0.25) is 14.9 Å². The molecule has 0 unspecified atom stereocenters. The second kappa shape index (κ2) is 5.81. The number of benzene rings is 2. The summed E-state index contributed by atoms with van der Waals surface area (Å²) in [6, 6.07) is 13.6. The molecule has 0 atom stereocenters. The number of hydrogen-bond donors (Lipinski definition) is 3. The number of fused-ring (bicyclic) bond motifs is 1. The van der Waals surface area contributed by atoms with E-state index in [2.05, 4.69) is 16.0 Å². The van der Waals surface area contributed by atoms with Crippen LogP contribution >= 0.6 is 0 Å². The van der Waals surface area contributed by atoms with E-state index >= 15 is 0 Å². The van der Waals surface area contributed by atoms with Crippen molar-refractivity contribution in [3.63, 3.8) is 0 Å². The van der Waals surface area contributed by atoms with Gasteiger partial charge in [-0.25, -0.2) is 4.79 Å². The highest BCUT2D eigenvalue weighted by Crippen LogP contribution is 2.32. The van der Waals surface area contributed by atoms with Crippen LogP contribution < -0.4 is 16.0 Å². The van der Waals surface area contributed by atoms with Crippen molar-refractivity contribution < 1.29 is 14.4 Å². The molecule has 1 aliphatic heterocycles. The Hall–Kier alpha value is -3.15. The highest BCUT2D eigenvalue weighted by molar-refractivity contribution is 6.13. The van der Waals surface area contributed by atoms with E-state index in [-0.39, 0.29) is 5.91 Å². The van der Waals surface area contributed by atoms with Crippen molar-refractivity contribution >= 4 is 29.2 Å². The third-order valence-corrected chi connectivity index (χ3v) is 4.02. The lowest BCUT2D eigenvalue weighted by Crippen LogP contribution is -2.48. The van der Waals surface area contributed by atoms with Gasteiger partial charge in [0.05, 0.1) is 5.41 Å². The number of rotatable bonds is 2. The maximum atomic E-state index is 12.1. The summed E-state index contributed by atoms with van der Waals surface area (Å²) in [4.78, 5) is 36.0. The Morgan fingerprint density at radius 2 is 1.62 bits per heavy atom. The van der Waals surface area contributed by atoms with Crippen LogP contribution in [-0.2, 0) is 10.2 Å². The first-order valence-corrected chi connectivity index (χ1v) is 7.51. The summed E-state index contributed by atoms with van der Waals surface area (Å²) < 4.78 is 0. The maximum Gasteiger partial charge on any atom is 0.323 e. The third kappa shape index (κ3) is 2.86. The minimum atomic E-state index is -0.798. The van der Waals surface area contributed by atoms with E-state index in [4.69, 9.17) is 0 Å². The number of amides is 4. The highest BCUT2D eigenvalue weighted by atomic mass is 16.2. The molecule has 1 heterocycles. The monoisotopic (exact) mass is 323 g/mol. The molecule has 0 aromatic heterocycles. The third-order valence-electron chi connectivity index (χ3n) is 4.02. The van der Waals surface area contributed by atoms with Crippen molar-refractivity contribution in [1.29, 1.82) is 0 Å². The van der Waals surface area contributed by atoms with E-state index in [1.54, 1.807) is 44.2 Å². The number of carbonyl (C=O) groups excluding carboxylic acids is 3. The summed E-state index contributed by atoms with van der Waals surface area (Å²) in [7, 11) is 0. The van der Waals surface area contributed by atoms with Gasteiger partial charge in [-0.05, 0) is 43.7 Å². The molecule has 0 radical (unpaired) electrons. The van der Waals surface area contributed by atoms with E-state index in [1.165, 1.54) is 0 Å². The highest BCUT2D eigenvalue weighted by Gasteiger charge is 2.39. The lowest BCUT2D eigenvalue weighted by molar-refractivity contribution is -0.125. The number of hydrogen-bond acceptors (Lipinski definition) is 3. The molecule has 0 fully saturated rings. The Balaban J connectivity index is 1.82. The Kier molecular flexibility index (Phi) is 3.81. The van der Waals surface area contributed by atoms with Crippen molar-refractivity contribution in [2.24, 2.45) is 0 Å². The first-order valence-electron chi connectivity index (χ1n) is 7.51. The fourth-order valence-corrected chi connectivity index (χ4v) is 2.62. The molecule has 3 rings (SSSR count). The Morgan fingerprint density at radius 3 is 2.33 bits per heavy atom. The number of anilines is 2. The van der Waals surface area contributed by atoms with Gasteiger partial charge < -0.3 is 10.6 Å². The predicted octanol–water partition coefficient (Wildman–Crippen LogP) is 2.88. The molecule has 2 aromatic carbocycles. The fraction of sp³-hybridized carbons (Fsp3) is 0.167. The predicted molar refractivity (Wildman–Crippen MR) is 91.0 cm³/mol. The molecule has 0 saturated carbocycles. The van der Waals surface area contributed by atoms with Crippen LogP contribution in [0, 0.1) is 0 Å². The summed E-state index contributed by atoms with van der Waals surface area (Å²) in [5.41, 5.74) is 1.37. The fourth-order valence-electron chi connectivity index (χ4n) is 2.62. The number of imide groups is 1. The van der Waals surface area contributed by atoms with Gasteiger partial charge in [0.1, 0.15) is 0 Å². The molecule has 2 aromatic rings. The van der Waals surface area contributed by atoms with E-state index in [0.717, 1.165) is 0 Å². The van der Waals surface area contributed by atoms with Crippen molar-refractivity contribution in [3.05, 3.63) is 59.7 Å². The van der Waals surface area contributed by atoms with Gasteiger partial charge in [0.15, 0.2) is 0 Å². The molecular formula is C18H17N3O3. The van der Waals surface area contributed by atoms with Gasteiger partial charge in [0, 0.05) is 16.9 Å². The Labute approximate surface area is 139 Å². The van der Waals surface area contributed by atoms with Crippen molar-refractivity contribution in [2.75, 3.05) is 10.6 Å². The minimum Gasteiger partial charge on any atom is -0.308 e. The molecule has 1 aliphatic rings. The summed E-state index contributed by atoms with van der Waals surface area (Å²) >= 11 is 0. The number of para-hydroxylation sites is 1. The molecule has 6 heteroatoms. The minimum absolute atomic E-state index is 0.331. The van der Waals surface area contributed by atoms with Crippen molar-refractivity contribution in [1.82, 2.24) is 5.32 Å². The van der Waals surface area contributed by atoms with Crippen LogP contribution in [-0.4, -0.2) is 17.8 Å². The molecular weight excluding hydrogens is 306 g/mol. The number of urea groups is 1. The van der Waals surface area contributed by atoms with E-state index < -0.39 is 17.4 Å². The largest absolute Gasteiger partial charge is 0.323 e. The zero-order valence-corrected chi connectivity index (χ0v) is 13.3. The summed E-state index contributed by atoms with van der Waals surface area (Å²) in [5.74, 6) is -0.788. The quantitative estimate of drug-likeness (QED) is 0.743. The zero-order chi connectivity index (χ0) is 17.3. The number of carbonyl (C=O) groups is 3. The van der Waals surface area contributed by atoms with Gasteiger partial charge >= 0.3 is 6.03 Å². The molecule has 24 heavy (non-hydrogen) atoms. The summed E-state index contributed by atoms with van der Waals surface area (Å²) in [6.45, 7) is 3.51. The smallest absolute Gasteiger partial charge is 0.308 e. The lowest BCUT2D eigenvalue weighted by Gasteiger charge is -2.30. The SMILES string of the molecule is CC1(C)C(=O)NC(=O)c2cc(NC(=O)Nc3ccccc3)ccc21. The van der Waals surface area contributed by atoms with E-state index in [0.29, 0.717) is 22.5 Å². The molecule has 4 amide bonds. The second-order valence-corrected chi connectivity index (χ2v) is 6.11. The molecule has 3 N–H and O–H groups in total. The first-order chi connectivity index (χ1) is 11.4. The van der Waals surface area contributed by atoms with Crippen molar-refractivity contribution in [2.45, 2.75) is 19.3 Å². The Morgan fingerprint density at radius 1 is 0.958 bits per heavy atom. The Bertz CT molecular complexity index is 829.